The maximum absolute atomic E-state index is 13.9. The third-order valence-corrected chi connectivity index (χ3v) is 5.09. The second-order valence-corrected chi connectivity index (χ2v) is 7.08. The second kappa shape index (κ2) is 7.57. The molecule has 2 heterocycles. The number of halogens is 2. The van der Waals surface area contributed by atoms with Crippen LogP contribution in [0.15, 0.2) is 36.4 Å². The Balaban J connectivity index is 1.47. The molecule has 0 bridgehead atoms. The highest BCUT2D eigenvalue weighted by molar-refractivity contribution is 5.99. The molecule has 7 nitrogen and oxygen atoms in total. The Morgan fingerprint density at radius 2 is 2.07 bits per heavy atom. The van der Waals surface area contributed by atoms with Crippen molar-refractivity contribution in [2.45, 2.75) is 25.4 Å². The molecule has 1 saturated heterocycles. The van der Waals surface area contributed by atoms with Gasteiger partial charge in [0.1, 0.15) is 23.2 Å². The molecule has 0 spiro atoms. The van der Waals surface area contributed by atoms with Crippen molar-refractivity contribution in [2.75, 3.05) is 6.54 Å². The molecule has 29 heavy (non-hydrogen) atoms. The minimum atomic E-state index is -0.694. The van der Waals surface area contributed by atoms with E-state index >= 15 is 0 Å². The van der Waals surface area contributed by atoms with E-state index in [0.717, 1.165) is 12.1 Å². The Bertz CT molecular complexity index is 1100. The van der Waals surface area contributed by atoms with Crippen LogP contribution in [0, 0.1) is 11.6 Å². The predicted octanol–water partition coefficient (Wildman–Crippen LogP) is 2.17. The van der Waals surface area contributed by atoms with E-state index in [4.69, 9.17) is 0 Å². The first-order valence-electron chi connectivity index (χ1n) is 9.25. The molecule has 0 aliphatic carbocycles. The van der Waals surface area contributed by atoms with E-state index in [2.05, 4.69) is 15.6 Å². The van der Waals surface area contributed by atoms with E-state index in [1.807, 2.05) is 0 Å². The number of nitrogens with zero attached hydrogens (tertiary/aromatic N) is 4. The van der Waals surface area contributed by atoms with E-state index in [0.29, 0.717) is 36.0 Å². The first kappa shape index (κ1) is 19.0. The number of carbonyl (C=O) groups is 2. The van der Waals surface area contributed by atoms with Crippen LogP contribution < -0.4 is 5.32 Å². The fourth-order valence-corrected chi connectivity index (χ4v) is 3.50. The van der Waals surface area contributed by atoms with Crippen molar-refractivity contribution in [3.63, 3.8) is 0 Å². The van der Waals surface area contributed by atoms with Crippen LogP contribution in [0.2, 0.25) is 0 Å². The smallest absolute Gasteiger partial charge is 0.252 e. The number of likely N-dealkylation sites (tertiary alicyclic amines) is 1. The summed E-state index contributed by atoms with van der Waals surface area (Å²) in [7, 11) is 1.73. The fraction of sp³-hybridized carbons (Fsp3) is 0.300. The van der Waals surface area contributed by atoms with Crippen LogP contribution in [0.4, 0.5) is 8.78 Å². The van der Waals surface area contributed by atoms with Crippen LogP contribution in [0.5, 0.6) is 0 Å². The van der Waals surface area contributed by atoms with Gasteiger partial charge in [0, 0.05) is 37.3 Å². The van der Waals surface area contributed by atoms with Gasteiger partial charge in [0.25, 0.3) is 5.91 Å². The Morgan fingerprint density at radius 3 is 2.86 bits per heavy atom. The lowest BCUT2D eigenvalue weighted by Gasteiger charge is -2.32. The SMILES string of the molecule is Cn1nnc2ccc(C(=O)NC3CCCN(Cc4ccc(F)cc4F)C3=O)cc21. The summed E-state index contributed by atoms with van der Waals surface area (Å²) in [6, 6.07) is 7.60. The molecule has 2 amide bonds. The maximum Gasteiger partial charge on any atom is 0.252 e. The molecule has 150 valence electrons. The lowest BCUT2D eigenvalue weighted by molar-refractivity contribution is -0.136. The molecule has 0 radical (unpaired) electrons. The standard InChI is InChI=1S/C20H19F2N5O2/c1-26-18-9-12(5-7-16(18)24-25-26)19(28)23-17-3-2-8-27(20(17)29)11-13-4-6-14(21)10-15(13)22/h4-7,9-10,17H,2-3,8,11H2,1H3,(H,23,28). The molecule has 1 unspecified atom stereocenters. The zero-order valence-electron chi connectivity index (χ0n) is 15.7. The molecule has 1 aliphatic heterocycles. The monoisotopic (exact) mass is 399 g/mol. The minimum absolute atomic E-state index is 0.0317. The van der Waals surface area contributed by atoms with E-state index in [-0.39, 0.29) is 23.9 Å². The molecule has 3 aromatic rings. The number of fused-ring (bicyclic) bond motifs is 1. The van der Waals surface area contributed by atoms with Gasteiger partial charge in [0.2, 0.25) is 5.91 Å². The molecule has 2 aromatic carbocycles. The van der Waals surface area contributed by atoms with Crippen molar-refractivity contribution in [3.05, 3.63) is 59.2 Å². The number of aromatic nitrogens is 3. The molecular formula is C20H19F2N5O2. The lowest BCUT2D eigenvalue weighted by Crippen LogP contribution is -2.51. The Labute approximate surface area is 165 Å². The van der Waals surface area contributed by atoms with Crippen LogP contribution in [-0.2, 0) is 18.4 Å². The van der Waals surface area contributed by atoms with Crippen LogP contribution >= 0.6 is 0 Å². The maximum atomic E-state index is 13.9. The summed E-state index contributed by atoms with van der Waals surface area (Å²) in [6.45, 7) is 0.485. The van der Waals surface area contributed by atoms with Crippen molar-refractivity contribution in [1.82, 2.24) is 25.2 Å². The summed E-state index contributed by atoms with van der Waals surface area (Å²) in [5.41, 5.74) is 2.02. The summed E-state index contributed by atoms with van der Waals surface area (Å²) in [6.07, 6.45) is 1.17. The van der Waals surface area contributed by atoms with Gasteiger partial charge < -0.3 is 10.2 Å². The average molecular weight is 399 g/mol. The zero-order chi connectivity index (χ0) is 20.5. The third kappa shape index (κ3) is 3.80. The second-order valence-electron chi connectivity index (χ2n) is 7.08. The molecule has 1 fully saturated rings. The Hall–Kier alpha value is -3.36. The van der Waals surface area contributed by atoms with Crippen molar-refractivity contribution < 1.29 is 18.4 Å². The summed E-state index contributed by atoms with van der Waals surface area (Å²) in [5, 5.41) is 10.6. The largest absolute Gasteiger partial charge is 0.340 e. The summed E-state index contributed by atoms with van der Waals surface area (Å²) >= 11 is 0. The molecule has 4 rings (SSSR count). The van der Waals surface area contributed by atoms with Crippen molar-refractivity contribution in [1.29, 1.82) is 0 Å². The third-order valence-electron chi connectivity index (χ3n) is 5.09. The highest BCUT2D eigenvalue weighted by atomic mass is 19.1. The lowest BCUT2D eigenvalue weighted by atomic mass is 10.0. The summed E-state index contributed by atoms with van der Waals surface area (Å²) < 4.78 is 28.6. The molecule has 1 aliphatic rings. The van der Waals surface area contributed by atoms with Crippen LogP contribution in [0.1, 0.15) is 28.8 Å². The van der Waals surface area contributed by atoms with Gasteiger partial charge in [-0.2, -0.15) is 0 Å². The number of rotatable bonds is 4. The highest BCUT2D eigenvalue weighted by Crippen LogP contribution is 2.19. The number of benzene rings is 2. The number of hydrogen-bond acceptors (Lipinski definition) is 4. The first-order chi connectivity index (χ1) is 13.9. The molecule has 0 saturated carbocycles. The van der Waals surface area contributed by atoms with Gasteiger partial charge in [0.05, 0.1) is 5.52 Å². The zero-order valence-corrected chi connectivity index (χ0v) is 15.7. The molecular weight excluding hydrogens is 380 g/mol. The molecule has 1 atom stereocenters. The molecule has 1 aromatic heterocycles. The van der Waals surface area contributed by atoms with Gasteiger partial charge in [0.15, 0.2) is 0 Å². The summed E-state index contributed by atoms with van der Waals surface area (Å²) in [4.78, 5) is 26.9. The fourth-order valence-electron chi connectivity index (χ4n) is 3.50. The van der Waals surface area contributed by atoms with E-state index < -0.39 is 17.7 Å². The average Bonchev–Trinajstić information content (AvgIpc) is 3.07. The van der Waals surface area contributed by atoms with Crippen molar-refractivity contribution in [3.8, 4) is 0 Å². The number of amides is 2. The molecule has 1 N–H and O–H groups in total. The summed E-state index contributed by atoms with van der Waals surface area (Å²) in [5.74, 6) is -2.01. The Morgan fingerprint density at radius 1 is 1.24 bits per heavy atom. The number of hydrogen-bond donors (Lipinski definition) is 1. The van der Waals surface area contributed by atoms with E-state index in [1.54, 1.807) is 29.9 Å². The van der Waals surface area contributed by atoms with Crippen LogP contribution in [0.3, 0.4) is 0 Å². The number of carbonyl (C=O) groups excluding carboxylic acids is 2. The number of aryl methyl sites for hydroxylation is 1. The van der Waals surface area contributed by atoms with Gasteiger partial charge in [-0.1, -0.05) is 11.3 Å². The Kier molecular flexibility index (Phi) is 4.96. The van der Waals surface area contributed by atoms with Crippen LogP contribution in [-0.4, -0.2) is 44.3 Å². The first-order valence-corrected chi connectivity index (χ1v) is 9.25. The van der Waals surface area contributed by atoms with Gasteiger partial charge >= 0.3 is 0 Å². The highest BCUT2D eigenvalue weighted by Gasteiger charge is 2.30. The predicted molar refractivity (Wildman–Crippen MR) is 101 cm³/mol. The van der Waals surface area contributed by atoms with E-state index in [9.17, 15) is 18.4 Å². The van der Waals surface area contributed by atoms with Crippen molar-refractivity contribution >= 4 is 22.8 Å². The van der Waals surface area contributed by atoms with Gasteiger partial charge in [-0.3, -0.25) is 9.59 Å². The topological polar surface area (TPSA) is 80.1 Å². The van der Waals surface area contributed by atoms with E-state index in [1.165, 1.54) is 11.0 Å². The number of piperidine rings is 1. The van der Waals surface area contributed by atoms with Crippen LogP contribution in [0.25, 0.3) is 11.0 Å². The minimum Gasteiger partial charge on any atom is -0.340 e. The quantitative estimate of drug-likeness (QED) is 0.729. The normalized spacial score (nSPS) is 17.0. The van der Waals surface area contributed by atoms with Crippen molar-refractivity contribution in [2.24, 2.45) is 7.05 Å². The molecule has 9 heteroatoms. The van der Waals surface area contributed by atoms with Gasteiger partial charge in [-0.25, -0.2) is 13.5 Å². The number of nitrogens with one attached hydrogen (secondary N) is 1. The van der Waals surface area contributed by atoms with Gasteiger partial charge in [-0.15, -0.1) is 5.10 Å². The van der Waals surface area contributed by atoms with Gasteiger partial charge in [-0.05, 0) is 37.1 Å².